The Hall–Kier alpha value is -1.72. The second-order valence-electron chi connectivity index (χ2n) is 4.97. The summed E-state index contributed by atoms with van der Waals surface area (Å²) in [4.78, 5) is 7.13. The molecule has 106 valence electrons. The van der Waals surface area contributed by atoms with Gasteiger partial charge in [-0.2, -0.15) is 0 Å². The lowest BCUT2D eigenvalue weighted by atomic mass is 10.0. The Morgan fingerprint density at radius 2 is 2.10 bits per heavy atom. The number of hydrogen-bond acceptors (Lipinski definition) is 3. The van der Waals surface area contributed by atoms with E-state index in [0.29, 0.717) is 11.4 Å². The predicted molar refractivity (Wildman–Crippen MR) is 85.3 cm³/mol. The Morgan fingerprint density at radius 3 is 2.65 bits per heavy atom. The maximum Gasteiger partial charge on any atom is 0.122 e. The fourth-order valence-corrected chi connectivity index (χ4v) is 2.43. The Morgan fingerprint density at radius 1 is 1.40 bits per heavy atom. The van der Waals surface area contributed by atoms with Gasteiger partial charge in [0.05, 0.1) is 11.5 Å². The van der Waals surface area contributed by atoms with Crippen LogP contribution < -0.4 is 5.73 Å². The van der Waals surface area contributed by atoms with Gasteiger partial charge in [0.25, 0.3) is 0 Å². The first-order chi connectivity index (χ1) is 9.58. The molecule has 1 heterocycles. The van der Waals surface area contributed by atoms with E-state index in [9.17, 15) is 0 Å². The van der Waals surface area contributed by atoms with Crippen molar-refractivity contribution in [2.24, 2.45) is 12.8 Å². The second kappa shape index (κ2) is 6.63. The number of imidazole rings is 1. The fourth-order valence-electron chi connectivity index (χ4n) is 2.28. The fraction of sp³-hybridized carbons (Fsp3) is 0.333. The first-order valence-corrected chi connectivity index (χ1v) is 6.98. The van der Waals surface area contributed by atoms with Gasteiger partial charge < -0.3 is 10.3 Å². The van der Waals surface area contributed by atoms with Gasteiger partial charge >= 0.3 is 0 Å². The van der Waals surface area contributed by atoms with E-state index in [1.54, 1.807) is 0 Å². The lowest BCUT2D eigenvalue weighted by molar-refractivity contribution is 0.234. The van der Waals surface area contributed by atoms with E-state index < -0.39 is 0 Å². The number of hydrogen-bond donors (Lipinski definition) is 1. The normalized spacial score (nSPS) is 12.6. The average molecular weight is 288 g/mol. The zero-order valence-electron chi connectivity index (χ0n) is 11.9. The van der Waals surface area contributed by atoms with Gasteiger partial charge in [0, 0.05) is 31.9 Å². The van der Waals surface area contributed by atoms with E-state index in [0.717, 1.165) is 12.4 Å². The molecular formula is C15H20N4S. The molecule has 20 heavy (non-hydrogen) atoms. The molecule has 0 saturated heterocycles. The zero-order chi connectivity index (χ0) is 14.5. The number of aromatic nitrogens is 2. The van der Waals surface area contributed by atoms with E-state index in [-0.39, 0.29) is 6.04 Å². The molecule has 0 fully saturated rings. The van der Waals surface area contributed by atoms with Crippen molar-refractivity contribution < 1.29 is 0 Å². The summed E-state index contributed by atoms with van der Waals surface area (Å²) in [6.45, 7) is 0.756. The van der Waals surface area contributed by atoms with Crippen LogP contribution in [0.4, 0.5) is 0 Å². The van der Waals surface area contributed by atoms with Crippen LogP contribution in [0.15, 0.2) is 42.7 Å². The van der Waals surface area contributed by atoms with Crippen molar-refractivity contribution in [1.29, 1.82) is 0 Å². The molecule has 1 unspecified atom stereocenters. The van der Waals surface area contributed by atoms with Crippen molar-refractivity contribution in [1.82, 2.24) is 14.5 Å². The molecule has 5 heteroatoms. The van der Waals surface area contributed by atoms with E-state index in [1.165, 1.54) is 5.56 Å². The van der Waals surface area contributed by atoms with Gasteiger partial charge in [0.2, 0.25) is 0 Å². The van der Waals surface area contributed by atoms with Crippen LogP contribution in [0, 0.1) is 0 Å². The molecule has 0 saturated carbocycles. The van der Waals surface area contributed by atoms with Gasteiger partial charge in [-0.15, -0.1) is 0 Å². The maximum atomic E-state index is 5.76. The largest absolute Gasteiger partial charge is 0.393 e. The summed E-state index contributed by atoms with van der Waals surface area (Å²) in [6.07, 6.45) is 4.43. The number of benzene rings is 1. The van der Waals surface area contributed by atoms with Crippen molar-refractivity contribution in [3.8, 4) is 0 Å². The van der Waals surface area contributed by atoms with Crippen LogP contribution in [0.25, 0.3) is 0 Å². The van der Waals surface area contributed by atoms with Gasteiger partial charge in [-0.1, -0.05) is 42.5 Å². The van der Waals surface area contributed by atoms with Crippen LogP contribution in [0.3, 0.4) is 0 Å². The SMILES string of the molecule is CN(Cc1nccn1C)C(CC(N)=S)c1ccccc1. The molecule has 1 aromatic carbocycles. The summed E-state index contributed by atoms with van der Waals surface area (Å²) in [5.41, 5.74) is 6.98. The molecular weight excluding hydrogens is 268 g/mol. The summed E-state index contributed by atoms with van der Waals surface area (Å²) in [5.74, 6) is 1.02. The second-order valence-corrected chi connectivity index (χ2v) is 5.49. The standard InChI is InChI=1S/C15H20N4S/c1-18-9-8-17-15(18)11-19(2)13(10-14(16)20)12-6-4-3-5-7-12/h3-9,13H,10-11H2,1-2H3,(H2,16,20). The smallest absolute Gasteiger partial charge is 0.122 e. The molecule has 2 aromatic rings. The topological polar surface area (TPSA) is 47.1 Å². The molecule has 0 amide bonds. The highest BCUT2D eigenvalue weighted by Gasteiger charge is 2.19. The molecule has 0 aliphatic heterocycles. The zero-order valence-corrected chi connectivity index (χ0v) is 12.7. The van der Waals surface area contributed by atoms with Gasteiger partial charge in [-0.3, -0.25) is 4.90 Å². The average Bonchev–Trinajstić information content (AvgIpc) is 2.82. The van der Waals surface area contributed by atoms with E-state index in [2.05, 4.69) is 29.1 Å². The third-order valence-electron chi connectivity index (χ3n) is 3.42. The highest BCUT2D eigenvalue weighted by Crippen LogP contribution is 2.24. The van der Waals surface area contributed by atoms with Crippen LogP contribution in [0.2, 0.25) is 0 Å². The predicted octanol–water partition coefficient (Wildman–Crippen LogP) is 2.27. The van der Waals surface area contributed by atoms with E-state index >= 15 is 0 Å². The number of nitrogens with zero attached hydrogens (tertiary/aromatic N) is 3. The Kier molecular flexibility index (Phi) is 4.87. The number of thiocarbonyl (C=S) groups is 1. The lowest BCUT2D eigenvalue weighted by Gasteiger charge is -2.28. The third kappa shape index (κ3) is 3.65. The number of rotatable bonds is 6. The summed E-state index contributed by atoms with van der Waals surface area (Å²) in [5, 5.41) is 0. The third-order valence-corrected chi connectivity index (χ3v) is 3.59. The summed E-state index contributed by atoms with van der Waals surface area (Å²) >= 11 is 5.10. The minimum atomic E-state index is 0.172. The summed E-state index contributed by atoms with van der Waals surface area (Å²) < 4.78 is 2.03. The van der Waals surface area contributed by atoms with Gasteiger partial charge in [0.1, 0.15) is 5.82 Å². The van der Waals surface area contributed by atoms with Crippen LogP contribution in [0.5, 0.6) is 0 Å². The minimum absolute atomic E-state index is 0.172. The van der Waals surface area contributed by atoms with Crippen LogP contribution in [0.1, 0.15) is 23.9 Å². The van der Waals surface area contributed by atoms with Crippen molar-refractivity contribution in [2.75, 3.05) is 7.05 Å². The monoisotopic (exact) mass is 288 g/mol. The molecule has 0 aliphatic carbocycles. The maximum absolute atomic E-state index is 5.76. The highest BCUT2D eigenvalue weighted by atomic mass is 32.1. The molecule has 1 atom stereocenters. The molecule has 2 N–H and O–H groups in total. The van der Waals surface area contributed by atoms with Crippen molar-refractivity contribution in [2.45, 2.75) is 19.0 Å². The summed E-state index contributed by atoms with van der Waals surface area (Å²) in [7, 11) is 4.08. The van der Waals surface area contributed by atoms with Gasteiger partial charge in [-0.05, 0) is 12.6 Å². The lowest BCUT2D eigenvalue weighted by Crippen LogP contribution is -2.29. The summed E-state index contributed by atoms with van der Waals surface area (Å²) in [6, 6.07) is 10.5. The van der Waals surface area contributed by atoms with Crippen LogP contribution in [-0.4, -0.2) is 26.5 Å². The van der Waals surface area contributed by atoms with Crippen molar-refractivity contribution in [3.63, 3.8) is 0 Å². The number of aryl methyl sites for hydroxylation is 1. The Bertz CT molecular complexity index is 564. The highest BCUT2D eigenvalue weighted by molar-refractivity contribution is 7.80. The Labute approximate surface area is 125 Å². The molecule has 0 bridgehead atoms. The molecule has 0 aliphatic rings. The first-order valence-electron chi connectivity index (χ1n) is 6.57. The van der Waals surface area contributed by atoms with E-state index in [1.807, 2.05) is 42.2 Å². The Balaban J connectivity index is 2.18. The minimum Gasteiger partial charge on any atom is -0.393 e. The van der Waals surface area contributed by atoms with Crippen LogP contribution >= 0.6 is 12.2 Å². The molecule has 0 radical (unpaired) electrons. The molecule has 4 nitrogen and oxygen atoms in total. The van der Waals surface area contributed by atoms with Crippen molar-refractivity contribution >= 4 is 17.2 Å². The molecule has 1 aromatic heterocycles. The number of nitrogens with two attached hydrogens (primary N) is 1. The van der Waals surface area contributed by atoms with Crippen LogP contribution in [-0.2, 0) is 13.6 Å². The van der Waals surface area contributed by atoms with E-state index in [4.69, 9.17) is 18.0 Å². The quantitative estimate of drug-likeness (QED) is 0.828. The van der Waals surface area contributed by atoms with Gasteiger partial charge in [-0.25, -0.2) is 4.98 Å². The molecule has 2 rings (SSSR count). The van der Waals surface area contributed by atoms with Gasteiger partial charge in [0.15, 0.2) is 0 Å². The first kappa shape index (κ1) is 14.7. The molecule has 0 spiro atoms. The van der Waals surface area contributed by atoms with Crippen molar-refractivity contribution in [3.05, 3.63) is 54.1 Å².